The summed E-state index contributed by atoms with van der Waals surface area (Å²) >= 11 is 0. The van der Waals surface area contributed by atoms with E-state index in [0.717, 1.165) is 18.7 Å². The number of hydrogen-bond donors (Lipinski definition) is 0. The topological polar surface area (TPSA) is 59.2 Å². The van der Waals surface area contributed by atoms with Gasteiger partial charge in [0.05, 0.1) is 6.42 Å². The second-order valence-corrected chi connectivity index (χ2v) is 6.56. The Morgan fingerprint density at radius 3 is 2.60 bits per heavy atom. The molecule has 0 N–H and O–H groups in total. The van der Waals surface area contributed by atoms with E-state index < -0.39 is 0 Å². The SMILES string of the molecule is CC(C)C(=O)Cc1nc(C2CC3CCC(C2)N3C)no1. The zero-order valence-corrected chi connectivity index (χ0v) is 12.5. The van der Waals surface area contributed by atoms with E-state index in [4.69, 9.17) is 4.52 Å². The molecule has 5 heteroatoms. The van der Waals surface area contributed by atoms with E-state index in [1.807, 2.05) is 13.8 Å². The standard InChI is InChI=1S/C15H23N3O2/c1-9(2)13(19)8-14-16-15(17-20-14)10-6-11-4-5-12(7-10)18(11)3/h9-12H,4-8H2,1-3H3. The van der Waals surface area contributed by atoms with E-state index >= 15 is 0 Å². The average molecular weight is 277 g/mol. The number of ketones is 1. The monoisotopic (exact) mass is 277 g/mol. The second kappa shape index (κ2) is 5.28. The van der Waals surface area contributed by atoms with Crippen molar-refractivity contribution in [1.82, 2.24) is 15.0 Å². The number of piperidine rings is 1. The number of carbonyl (C=O) groups excluding carboxylic acids is 1. The maximum atomic E-state index is 11.7. The van der Waals surface area contributed by atoms with Gasteiger partial charge in [-0.25, -0.2) is 0 Å². The summed E-state index contributed by atoms with van der Waals surface area (Å²) in [5.74, 6) is 1.86. The van der Waals surface area contributed by atoms with Gasteiger partial charge < -0.3 is 9.42 Å². The van der Waals surface area contributed by atoms with Gasteiger partial charge in [-0.3, -0.25) is 4.79 Å². The molecule has 0 spiro atoms. The molecule has 0 aliphatic carbocycles. The van der Waals surface area contributed by atoms with Crippen LogP contribution in [0.25, 0.3) is 0 Å². The van der Waals surface area contributed by atoms with Crippen LogP contribution in [0.4, 0.5) is 0 Å². The van der Waals surface area contributed by atoms with Gasteiger partial charge in [-0.2, -0.15) is 4.98 Å². The van der Waals surface area contributed by atoms with Crippen LogP contribution in [0.15, 0.2) is 4.52 Å². The van der Waals surface area contributed by atoms with Gasteiger partial charge in [0.15, 0.2) is 5.82 Å². The van der Waals surface area contributed by atoms with Gasteiger partial charge in [-0.1, -0.05) is 19.0 Å². The van der Waals surface area contributed by atoms with Gasteiger partial charge in [0, 0.05) is 23.9 Å². The Bertz CT molecular complexity index is 483. The molecule has 2 fully saturated rings. The molecule has 5 nitrogen and oxygen atoms in total. The largest absolute Gasteiger partial charge is 0.339 e. The number of hydrogen-bond acceptors (Lipinski definition) is 5. The summed E-state index contributed by atoms with van der Waals surface area (Å²) in [7, 11) is 2.22. The molecule has 2 unspecified atom stereocenters. The fourth-order valence-electron chi connectivity index (χ4n) is 3.48. The molecule has 2 atom stereocenters. The second-order valence-electron chi connectivity index (χ2n) is 6.56. The minimum Gasteiger partial charge on any atom is -0.339 e. The van der Waals surface area contributed by atoms with Gasteiger partial charge in [-0.15, -0.1) is 0 Å². The van der Waals surface area contributed by atoms with E-state index in [-0.39, 0.29) is 18.1 Å². The lowest BCUT2D eigenvalue weighted by Gasteiger charge is -2.34. The molecule has 2 saturated heterocycles. The van der Waals surface area contributed by atoms with Gasteiger partial charge in [0.2, 0.25) is 5.89 Å². The van der Waals surface area contributed by atoms with Crippen molar-refractivity contribution in [2.45, 2.75) is 64.0 Å². The first-order valence-corrected chi connectivity index (χ1v) is 7.61. The van der Waals surface area contributed by atoms with E-state index in [9.17, 15) is 4.79 Å². The number of fused-ring (bicyclic) bond motifs is 2. The van der Waals surface area contributed by atoms with Gasteiger partial charge in [0.25, 0.3) is 0 Å². The van der Waals surface area contributed by atoms with E-state index in [2.05, 4.69) is 22.1 Å². The van der Waals surface area contributed by atoms with Gasteiger partial charge >= 0.3 is 0 Å². The minimum absolute atomic E-state index is 0.0181. The van der Waals surface area contributed by atoms with Crippen molar-refractivity contribution >= 4 is 5.78 Å². The summed E-state index contributed by atoms with van der Waals surface area (Å²) in [6, 6.07) is 1.33. The van der Waals surface area contributed by atoms with E-state index in [1.54, 1.807) is 0 Å². The molecule has 0 radical (unpaired) electrons. The fourth-order valence-corrected chi connectivity index (χ4v) is 3.48. The maximum absolute atomic E-state index is 11.7. The van der Waals surface area contributed by atoms with Crippen LogP contribution in [0.3, 0.4) is 0 Å². The quantitative estimate of drug-likeness (QED) is 0.844. The van der Waals surface area contributed by atoms with Crippen molar-refractivity contribution in [3.8, 4) is 0 Å². The lowest BCUT2D eigenvalue weighted by Crippen LogP contribution is -2.39. The molecule has 20 heavy (non-hydrogen) atoms. The van der Waals surface area contributed by atoms with Crippen LogP contribution in [-0.4, -0.2) is 40.0 Å². The number of aromatic nitrogens is 2. The molecule has 1 aromatic rings. The zero-order chi connectivity index (χ0) is 14.3. The Kier molecular flexibility index (Phi) is 3.63. The summed E-state index contributed by atoms with van der Waals surface area (Å²) in [6.07, 6.45) is 5.07. The van der Waals surface area contributed by atoms with E-state index in [0.29, 0.717) is 23.9 Å². The molecule has 110 valence electrons. The minimum atomic E-state index is 0.0181. The highest BCUT2D eigenvalue weighted by molar-refractivity contribution is 5.81. The molecule has 3 heterocycles. The molecule has 0 amide bonds. The number of rotatable bonds is 4. The Hall–Kier alpha value is -1.23. The molecule has 0 aromatic carbocycles. The van der Waals surface area contributed by atoms with Crippen molar-refractivity contribution < 1.29 is 9.32 Å². The summed E-state index contributed by atoms with van der Waals surface area (Å²) in [5, 5.41) is 4.12. The van der Waals surface area contributed by atoms with E-state index in [1.165, 1.54) is 12.8 Å². The first-order chi connectivity index (χ1) is 9.54. The van der Waals surface area contributed by atoms with Crippen LogP contribution in [0.1, 0.15) is 57.2 Å². The Morgan fingerprint density at radius 1 is 1.35 bits per heavy atom. The van der Waals surface area contributed by atoms with Gasteiger partial charge in [-0.05, 0) is 32.7 Å². The predicted molar refractivity (Wildman–Crippen MR) is 74.4 cm³/mol. The predicted octanol–water partition coefficient (Wildman–Crippen LogP) is 2.18. The molecule has 2 aliphatic heterocycles. The third-order valence-corrected chi connectivity index (χ3v) is 4.92. The molecule has 1 aromatic heterocycles. The summed E-state index contributed by atoms with van der Waals surface area (Å²) in [6.45, 7) is 3.79. The third kappa shape index (κ3) is 2.51. The molecule has 2 aliphatic rings. The van der Waals surface area contributed by atoms with Crippen molar-refractivity contribution in [3.63, 3.8) is 0 Å². The Balaban J connectivity index is 1.67. The van der Waals surface area contributed by atoms with Crippen LogP contribution in [0.2, 0.25) is 0 Å². The first-order valence-electron chi connectivity index (χ1n) is 7.61. The first kappa shape index (κ1) is 13.7. The molecular formula is C15H23N3O2. The highest BCUT2D eigenvalue weighted by Crippen LogP contribution is 2.41. The molecule has 2 bridgehead atoms. The highest BCUT2D eigenvalue weighted by Gasteiger charge is 2.40. The van der Waals surface area contributed by atoms with Gasteiger partial charge in [0.1, 0.15) is 5.78 Å². The zero-order valence-electron chi connectivity index (χ0n) is 12.5. The Morgan fingerprint density at radius 2 is 2.00 bits per heavy atom. The third-order valence-electron chi connectivity index (χ3n) is 4.92. The summed E-state index contributed by atoms with van der Waals surface area (Å²) < 4.78 is 5.26. The van der Waals surface area contributed by atoms with Crippen LogP contribution in [0, 0.1) is 5.92 Å². The number of nitrogens with zero attached hydrogens (tertiary/aromatic N) is 3. The van der Waals surface area contributed by atoms with Crippen LogP contribution in [-0.2, 0) is 11.2 Å². The van der Waals surface area contributed by atoms with Crippen molar-refractivity contribution in [2.24, 2.45) is 5.92 Å². The lowest BCUT2D eigenvalue weighted by molar-refractivity contribution is -0.121. The molecular weight excluding hydrogens is 254 g/mol. The van der Waals surface area contributed by atoms with Crippen LogP contribution >= 0.6 is 0 Å². The smallest absolute Gasteiger partial charge is 0.234 e. The highest BCUT2D eigenvalue weighted by atomic mass is 16.5. The summed E-state index contributed by atoms with van der Waals surface area (Å²) in [5.41, 5.74) is 0. The molecule has 0 saturated carbocycles. The summed E-state index contributed by atoms with van der Waals surface area (Å²) in [4.78, 5) is 18.7. The van der Waals surface area contributed by atoms with Crippen molar-refractivity contribution in [3.05, 3.63) is 11.7 Å². The normalized spacial score (nSPS) is 30.1. The van der Waals surface area contributed by atoms with Crippen molar-refractivity contribution in [1.29, 1.82) is 0 Å². The van der Waals surface area contributed by atoms with Crippen molar-refractivity contribution in [2.75, 3.05) is 7.05 Å². The maximum Gasteiger partial charge on any atom is 0.234 e. The van der Waals surface area contributed by atoms with Crippen LogP contribution in [0.5, 0.6) is 0 Å². The lowest BCUT2D eigenvalue weighted by atomic mass is 9.90. The van der Waals surface area contributed by atoms with Crippen LogP contribution < -0.4 is 0 Å². The average Bonchev–Trinajstić information content (AvgIpc) is 2.92. The number of carbonyl (C=O) groups is 1. The molecule has 3 rings (SSSR count). The fraction of sp³-hybridized carbons (Fsp3) is 0.800. The Labute approximate surface area is 119 Å². The number of Topliss-reactive ketones (excluding diaryl/α,β-unsaturated/α-hetero) is 1.